The topological polar surface area (TPSA) is 87.8 Å². The molecule has 1 fully saturated rings. The molecule has 2 N–H and O–H groups in total. The number of aryl methyl sites for hydroxylation is 2. The zero-order valence-electron chi connectivity index (χ0n) is 15.0. The highest BCUT2D eigenvalue weighted by Gasteiger charge is 2.16. The molecular formula is C16H30N6O2. The molecular weight excluding hydrogens is 308 g/mol. The Bertz CT molecular complexity index is 499. The predicted octanol–water partition coefficient (Wildman–Crippen LogP) is 0.586. The summed E-state index contributed by atoms with van der Waals surface area (Å²) in [4.78, 5) is 11.3. The fraction of sp³-hybridized carbons (Fsp3) is 0.812. The minimum Gasteiger partial charge on any atom is -0.379 e. The summed E-state index contributed by atoms with van der Waals surface area (Å²) >= 11 is 0. The fourth-order valence-corrected chi connectivity index (χ4v) is 2.59. The summed E-state index contributed by atoms with van der Waals surface area (Å²) in [7, 11) is 0. The first kappa shape index (κ1) is 18.7. The third kappa shape index (κ3) is 6.45. The predicted molar refractivity (Wildman–Crippen MR) is 93.2 cm³/mol. The molecule has 1 saturated heterocycles. The quantitative estimate of drug-likeness (QED) is 0.407. The summed E-state index contributed by atoms with van der Waals surface area (Å²) in [5.41, 5.74) is 0. The van der Waals surface area contributed by atoms with Crippen LogP contribution in [0.25, 0.3) is 0 Å². The fourth-order valence-electron chi connectivity index (χ4n) is 2.59. The maximum atomic E-state index is 5.40. The van der Waals surface area contributed by atoms with E-state index in [4.69, 9.17) is 14.3 Å². The molecule has 1 unspecified atom stereocenters. The van der Waals surface area contributed by atoms with Crippen molar-refractivity contribution in [3.63, 3.8) is 0 Å². The lowest BCUT2D eigenvalue weighted by molar-refractivity contribution is 0.0220. The van der Waals surface area contributed by atoms with E-state index >= 15 is 0 Å². The molecule has 2 heterocycles. The summed E-state index contributed by atoms with van der Waals surface area (Å²) in [6.45, 7) is 12.2. The molecule has 1 aliphatic heterocycles. The monoisotopic (exact) mass is 338 g/mol. The van der Waals surface area contributed by atoms with E-state index in [-0.39, 0.29) is 0 Å². The first-order valence-electron chi connectivity index (χ1n) is 8.82. The third-order valence-electron chi connectivity index (χ3n) is 3.96. The molecule has 136 valence electrons. The molecule has 8 heteroatoms. The Morgan fingerprint density at radius 2 is 2.12 bits per heavy atom. The molecule has 1 atom stereocenters. The van der Waals surface area contributed by atoms with Gasteiger partial charge in [0.15, 0.2) is 11.8 Å². The molecule has 2 rings (SSSR count). The minimum absolute atomic E-state index is 0.422. The number of guanidine groups is 1. The number of rotatable bonds is 8. The minimum atomic E-state index is 0.422. The third-order valence-corrected chi connectivity index (χ3v) is 3.96. The van der Waals surface area contributed by atoms with Crippen LogP contribution in [-0.2, 0) is 11.2 Å². The number of aromatic nitrogens is 2. The van der Waals surface area contributed by atoms with Gasteiger partial charge in [-0.1, -0.05) is 5.16 Å². The van der Waals surface area contributed by atoms with Crippen LogP contribution in [0.2, 0.25) is 0 Å². The van der Waals surface area contributed by atoms with Crippen molar-refractivity contribution in [2.75, 3.05) is 45.9 Å². The first-order chi connectivity index (χ1) is 11.7. The van der Waals surface area contributed by atoms with Crippen LogP contribution in [0.5, 0.6) is 0 Å². The first-order valence-corrected chi connectivity index (χ1v) is 8.82. The number of aliphatic imine (C=N–C) groups is 1. The molecule has 24 heavy (non-hydrogen) atoms. The van der Waals surface area contributed by atoms with Gasteiger partial charge < -0.3 is 19.9 Å². The molecule has 0 saturated carbocycles. The SMILES string of the molecule is CCNC(=NCC(C)N1CCOCC1)NCCCc1nc(C)no1. The summed E-state index contributed by atoms with van der Waals surface area (Å²) in [6, 6.07) is 0.422. The molecule has 1 aliphatic rings. The van der Waals surface area contributed by atoms with Crippen LogP contribution >= 0.6 is 0 Å². The number of nitrogens with zero attached hydrogens (tertiary/aromatic N) is 4. The highest BCUT2D eigenvalue weighted by atomic mass is 16.5. The second kappa shape index (κ2) is 10.2. The largest absolute Gasteiger partial charge is 0.379 e. The number of morpholine rings is 1. The molecule has 0 amide bonds. The zero-order valence-corrected chi connectivity index (χ0v) is 15.0. The Kier molecular flexibility index (Phi) is 7.97. The van der Waals surface area contributed by atoms with Crippen LogP contribution < -0.4 is 10.6 Å². The van der Waals surface area contributed by atoms with Crippen molar-refractivity contribution in [2.45, 2.75) is 39.7 Å². The average Bonchev–Trinajstić information content (AvgIpc) is 3.02. The van der Waals surface area contributed by atoms with Crippen molar-refractivity contribution in [1.29, 1.82) is 0 Å². The smallest absolute Gasteiger partial charge is 0.226 e. The van der Waals surface area contributed by atoms with Gasteiger partial charge in [-0.15, -0.1) is 0 Å². The summed E-state index contributed by atoms with van der Waals surface area (Å²) in [5, 5.41) is 10.4. The van der Waals surface area contributed by atoms with E-state index < -0.39 is 0 Å². The zero-order chi connectivity index (χ0) is 17.2. The van der Waals surface area contributed by atoms with E-state index in [0.29, 0.717) is 17.8 Å². The lowest BCUT2D eigenvalue weighted by atomic mass is 10.2. The van der Waals surface area contributed by atoms with Crippen molar-refractivity contribution < 1.29 is 9.26 Å². The molecule has 8 nitrogen and oxygen atoms in total. The van der Waals surface area contributed by atoms with Crippen LogP contribution in [0.15, 0.2) is 9.52 Å². The van der Waals surface area contributed by atoms with Crippen LogP contribution in [0.3, 0.4) is 0 Å². The second-order valence-corrected chi connectivity index (χ2v) is 5.98. The lowest BCUT2D eigenvalue weighted by Gasteiger charge is -2.31. The van der Waals surface area contributed by atoms with Gasteiger partial charge in [0, 0.05) is 38.6 Å². The van der Waals surface area contributed by atoms with E-state index in [0.717, 1.165) is 64.7 Å². The maximum absolute atomic E-state index is 5.40. The molecule has 0 radical (unpaired) electrons. The van der Waals surface area contributed by atoms with E-state index in [1.807, 2.05) is 6.92 Å². The highest BCUT2D eigenvalue weighted by Crippen LogP contribution is 2.04. The summed E-state index contributed by atoms with van der Waals surface area (Å²) < 4.78 is 10.5. The Labute approximate surface area is 144 Å². The number of hydrogen-bond donors (Lipinski definition) is 2. The van der Waals surface area contributed by atoms with Crippen molar-refractivity contribution in [3.8, 4) is 0 Å². The number of ether oxygens (including phenoxy) is 1. The van der Waals surface area contributed by atoms with Crippen molar-refractivity contribution >= 4 is 5.96 Å². The van der Waals surface area contributed by atoms with Crippen molar-refractivity contribution in [2.24, 2.45) is 4.99 Å². The molecule has 0 bridgehead atoms. The van der Waals surface area contributed by atoms with Gasteiger partial charge in [0.1, 0.15) is 0 Å². The van der Waals surface area contributed by atoms with Gasteiger partial charge in [0.2, 0.25) is 5.89 Å². The van der Waals surface area contributed by atoms with Gasteiger partial charge in [-0.05, 0) is 27.2 Å². The van der Waals surface area contributed by atoms with Crippen LogP contribution in [0.1, 0.15) is 32.0 Å². The van der Waals surface area contributed by atoms with Crippen LogP contribution in [-0.4, -0.2) is 73.0 Å². The van der Waals surface area contributed by atoms with E-state index in [9.17, 15) is 0 Å². The van der Waals surface area contributed by atoms with Gasteiger partial charge in [0.25, 0.3) is 0 Å². The molecule has 0 aliphatic carbocycles. The van der Waals surface area contributed by atoms with Gasteiger partial charge in [-0.2, -0.15) is 4.98 Å². The molecule has 1 aromatic heterocycles. The van der Waals surface area contributed by atoms with Crippen molar-refractivity contribution in [1.82, 2.24) is 25.7 Å². The van der Waals surface area contributed by atoms with Crippen LogP contribution in [0, 0.1) is 6.92 Å². The standard InChI is InChI=1S/C16H30N6O2/c1-4-17-16(18-7-5-6-15-20-14(3)21-24-15)19-12-13(2)22-8-10-23-11-9-22/h13H,4-12H2,1-3H3,(H2,17,18,19). The van der Waals surface area contributed by atoms with Crippen LogP contribution in [0.4, 0.5) is 0 Å². The van der Waals surface area contributed by atoms with Gasteiger partial charge >= 0.3 is 0 Å². The second-order valence-electron chi connectivity index (χ2n) is 5.98. The maximum Gasteiger partial charge on any atom is 0.226 e. The van der Waals surface area contributed by atoms with Crippen molar-refractivity contribution in [3.05, 3.63) is 11.7 Å². The summed E-state index contributed by atoms with van der Waals surface area (Å²) in [6.07, 6.45) is 1.70. The van der Waals surface area contributed by atoms with E-state index in [2.05, 4.69) is 39.5 Å². The van der Waals surface area contributed by atoms with E-state index in [1.165, 1.54) is 0 Å². The average molecular weight is 338 g/mol. The number of hydrogen-bond acceptors (Lipinski definition) is 6. The highest BCUT2D eigenvalue weighted by molar-refractivity contribution is 5.79. The Hall–Kier alpha value is -1.67. The Morgan fingerprint density at radius 3 is 2.79 bits per heavy atom. The Morgan fingerprint density at radius 1 is 1.33 bits per heavy atom. The lowest BCUT2D eigenvalue weighted by Crippen LogP contribution is -2.44. The number of nitrogens with one attached hydrogen (secondary N) is 2. The van der Waals surface area contributed by atoms with Gasteiger partial charge in [-0.3, -0.25) is 9.89 Å². The van der Waals surface area contributed by atoms with E-state index in [1.54, 1.807) is 0 Å². The molecule has 0 aromatic carbocycles. The van der Waals surface area contributed by atoms with Gasteiger partial charge in [-0.25, -0.2) is 0 Å². The molecule has 0 spiro atoms. The van der Waals surface area contributed by atoms with Gasteiger partial charge in [0.05, 0.1) is 19.8 Å². The normalized spacial score (nSPS) is 17.7. The molecule has 1 aromatic rings. The Balaban J connectivity index is 1.71. The summed E-state index contributed by atoms with van der Waals surface area (Å²) in [5.74, 6) is 2.24.